The first-order valence-corrected chi connectivity index (χ1v) is 7.33. The summed E-state index contributed by atoms with van der Waals surface area (Å²) in [5, 5.41) is 10.4. The molecule has 116 valence electrons. The molecule has 1 fully saturated rings. The fourth-order valence-corrected chi connectivity index (χ4v) is 3.02. The minimum atomic E-state index is -0.738. The number of nitrogens with one attached hydrogen (secondary N) is 1. The molecular weight excluding hydrogens is 270 g/mol. The normalized spacial score (nSPS) is 17.0. The lowest BCUT2D eigenvalue weighted by molar-refractivity contribution is -0.132. The number of aromatic nitrogens is 2. The molecular formula is C15H23N3O3. The van der Waals surface area contributed by atoms with E-state index < -0.39 is 11.3 Å². The summed E-state index contributed by atoms with van der Waals surface area (Å²) in [5.74, 6) is -0.0737. The zero-order valence-corrected chi connectivity index (χ0v) is 12.9. The number of aromatic amines is 1. The zero-order chi connectivity index (χ0) is 15.6. The third-order valence-electron chi connectivity index (χ3n) is 4.27. The van der Waals surface area contributed by atoms with Gasteiger partial charge < -0.3 is 15.0 Å². The highest BCUT2D eigenvalue weighted by molar-refractivity contribution is 5.79. The van der Waals surface area contributed by atoms with E-state index in [0.29, 0.717) is 17.9 Å². The van der Waals surface area contributed by atoms with E-state index >= 15 is 0 Å². The van der Waals surface area contributed by atoms with E-state index in [-0.39, 0.29) is 12.3 Å². The van der Waals surface area contributed by atoms with E-state index in [1.165, 1.54) is 0 Å². The predicted octanol–water partition coefficient (Wildman–Crippen LogP) is 0.693. The van der Waals surface area contributed by atoms with Crippen LogP contribution >= 0.6 is 0 Å². The van der Waals surface area contributed by atoms with Crippen molar-refractivity contribution in [1.29, 1.82) is 0 Å². The van der Waals surface area contributed by atoms with Crippen LogP contribution in [0.2, 0.25) is 0 Å². The molecule has 21 heavy (non-hydrogen) atoms. The number of carbonyl (C=O) groups excluding carboxylic acids is 1. The lowest BCUT2D eigenvalue weighted by Crippen LogP contribution is -2.42. The number of H-pyrrole nitrogens is 1. The number of aliphatic hydroxyl groups is 1. The van der Waals surface area contributed by atoms with E-state index in [4.69, 9.17) is 0 Å². The highest BCUT2D eigenvalue weighted by Gasteiger charge is 2.33. The average molecular weight is 293 g/mol. The van der Waals surface area contributed by atoms with Gasteiger partial charge in [0.05, 0.1) is 12.0 Å². The van der Waals surface area contributed by atoms with E-state index in [1.54, 1.807) is 25.8 Å². The van der Waals surface area contributed by atoms with Crippen LogP contribution in [0.3, 0.4) is 0 Å². The van der Waals surface area contributed by atoms with Gasteiger partial charge in [-0.2, -0.15) is 4.98 Å². The number of aryl methyl sites for hydroxylation is 2. The SMILES string of the molecule is Cc1nc(=O)[nH]c(C)c1CC(=O)N(C)CC1(O)CCCC1. The summed E-state index contributed by atoms with van der Waals surface area (Å²) in [7, 11) is 1.71. The van der Waals surface area contributed by atoms with Gasteiger partial charge in [-0.1, -0.05) is 12.8 Å². The smallest absolute Gasteiger partial charge is 0.345 e. The van der Waals surface area contributed by atoms with Crippen molar-refractivity contribution in [2.24, 2.45) is 0 Å². The van der Waals surface area contributed by atoms with Crippen LogP contribution in [0, 0.1) is 13.8 Å². The predicted molar refractivity (Wildman–Crippen MR) is 79.1 cm³/mol. The minimum Gasteiger partial charge on any atom is -0.388 e. The molecule has 1 amide bonds. The van der Waals surface area contributed by atoms with Crippen molar-refractivity contribution < 1.29 is 9.90 Å². The second-order valence-electron chi connectivity index (χ2n) is 6.09. The summed E-state index contributed by atoms with van der Waals surface area (Å²) in [6, 6.07) is 0. The van der Waals surface area contributed by atoms with Crippen molar-refractivity contribution >= 4 is 5.91 Å². The van der Waals surface area contributed by atoms with Crippen molar-refractivity contribution in [2.75, 3.05) is 13.6 Å². The van der Waals surface area contributed by atoms with Crippen LogP contribution in [0.15, 0.2) is 4.79 Å². The van der Waals surface area contributed by atoms with Crippen LogP contribution in [0.1, 0.15) is 42.6 Å². The van der Waals surface area contributed by atoms with Gasteiger partial charge in [0.25, 0.3) is 0 Å². The van der Waals surface area contributed by atoms with Crippen LogP contribution < -0.4 is 5.69 Å². The third kappa shape index (κ3) is 3.69. The quantitative estimate of drug-likeness (QED) is 0.855. The molecule has 6 heteroatoms. The summed E-state index contributed by atoms with van der Waals surface area (Å²) >= 11 is 0. The van der Waals surface area contributed by atoms with Gasteiger partial charge in [0.1, 0.15) is 0 Å². The number of amides is 1. The number of rotatable bonds is 4. The Kier molecular flexibility index (Phi) is 4.46. The van der Waals surface area contributed by atoms with Gasteiger partial charge in [-0.15, -0.1) is 0 Å². The van der Waals surface area contributed by atoms with Crippen LogP contribution in [-0.2, 0) is 11.2 Å². The highest BCUT2D eigenvalue weighted by Crippen LogP contribution is 2.30. The van der Waals surface area contributed by atoms with Crippen LogP contribution in [0.25, 0.3) is 0 Å². The Morgan fingerprint density at radius 1 is 1.38 bits per heavy atom. The number of carbonyl (C=O) groups is 1. The molecule has 1 aliphatic rings. The van der Waals surface area contributed by atoms with E-state index in [1.807, 2.05) is 0 Å². The molecule has 2 N–H and O–H groups in total. The molecule has 0 aliphatic heterocycles. The van der Waals surface area contributed by atoms with Crippen molar-refractivity contribution in [3.05, 3.63) is 27.4 Å². The van der Waals surface area contributed by atoms with Crippen LogP contribution in [0.5, 0.6) is 0 Å². The molecule has 2 rings (SSSR count). The maximum Gasteiger partial charge on any atom is 0.345 e. The second kappa shape index (κ2) is 5.97. The Bertz CT molecular complexity index is 562. The standard InChI is InChI=1S/C15H23N3O3/c1-10-12(11(2)17-14(20)16-10)8-13(19)18(3)9-15(21)6-4-5-7-15/h21H,4-9H2,1-3H3,(H,16,17,20). The van der Waals surface area contributed by atoms with Crippen molar-refractivity contribution in [3.63, 3.8) is 0 Å². The first-order chi connectivity index (χ1) is 9.81. The molecule has 0 saturated heterocycles. The van der Waals surface area contributed by atoms with Crippen LogP contribution in [-0.4, -0.2) is 45.1 Å². The summed E-state index contributed by atoms with van der Waals surface area (Å²) in [6.07, 6.45) is 3.72. The summed E-state index contributed by atoms with van der Waals surface area (Å²) in [5.41, 5.74) is 0.878. The highest BCUT2D eigenvalue weighted by atomic mass is 16.3. The fraction of sp³-hybridized carbons (Fsp3) is 0.667. The van der Waals surface area contributed by atoms with Crippen molar-refractivity contribution in [2.45, 2.75) is 51.6 Å². The van der Waals surface area contributed by atoms with Crippen molar-refractivity contribution in [3.8, 4) is 0 Å². The van der Waals surface area contributed by atoms with Gasteiger partial charge in [-0.3, -0.25) is 4.79 Å². The van der Waals surface area contributed by atoms with Gasteiger partial charge >= 0.3 is 5.69 Å². The number of likely N-dealkylation sites (N-methyl/N-ethyl adjacent to an activating group) is 1. The second-order valence-corrected chi connectivity index (χ2v) is 6.09. The number of nitrogens with zero attached hydrogens (tertiary/aromatic N) is 2. The molecule has 1 aromatic heterocycles. The molecule has 6 nitrogen and oxygen atoms in total. The molecule has 0 aromatic carbocycles. The van der Waals surface area contributed by atoms with Crippen LogP contribution in [0.4, 0.5) is 0 Å². The average Bonchev–Trinajstić information content (AvgIpc) is 2.79. The molecule has 0 atom stereocenters. The van der Waals surface area contributed by atoms with E-state index in [2.05, 4.69) is 9.97 Å². The number of hydrogen-bond donors (Lipinski definition) is 2. The lowest BCUT2D eigenvalue weighted by Gasteiger charge is -2.28. The first-order valence-electron chi connectivity index (χ1n) is 7.33. The molecule has 1 saturated carbocycles. The fourth-order valence-electron chi connectivity index (χ4n) is 3.02. The third-order valence-corrected chi connectivity index (χ3v) is 4.27. The topological polar surface area (TPSA) is 86.3 Å². The Hall–Kier alpha value is -1.69. The molecule has 1 aliphatic carbocycles. The summed E-state index contributed by atoms with van der Waals surface area (Å²) < 4.78 is 0. The largest absolute Gasteiger partial charge is 0.388 e. The molecule has 1 aromatic rings. The van der Waals surface area contributed by atoms with Crippen molar-refractivity contribution in [1.82, 2.24) is 14.9 Å². The first kappa shape index (κ1) is 15.7. The van der Waals surface area contributed by atoms with Gasteiger partial charge in [-0.05, 0) is 26.7 Å². The Labute approximate surface area is 124 Å². The van der Waals surface area contributed by atoms with Gasteiger partial charge in [0.15, 0.2) is 0 Å². The molecule has 0 unspecified atom stereocenters. The summed E-state index contributed by atoms with van der Waals surface area (Å²) in [4.78, 5) is 31.6. The molecule has 0 radical (unpaired) electrons. The lowest BCUT2D eigenvalue weighted by atomic mass is 10.0. The Morgan fingerprint density at radius 2 is 2.00 bits per heavy atom. The Balaban J connectivity index is 2.06. The van der Waals surface area contributed by atoms with E-state index in [0.717, 1.165) is 31.2 Å². The maximum atomic E-state index is 12.3. The summed E-state index contributed by atoms with van der Waals surface area (Å²) in [6.45, 7) is 3.86. The van der Waals surface area contributed by atoms with Gasteiger partial charge in [0, 0.05) is 30.5 Å². The van der Waals surface area contributed by atoms with E-state index in [9.17, 15) is 14.7 Å². The molecule has 1 heterocycles. The molecule has 0 bridgehead atoms. The molecule has 0 spiro atoms. The maximum absolute atomic E-state index is 12.3. The monoisotopic (exact) mass is 293 g/mol. The Morgan fingerprint density at radius 3 is 2.57 bits per heavy atom. The van der Waals surface area contributed by atoms with Gasteiger partial charge in [-0.25, -0.2) is 4.79 Å². The minimum absolute atomic E-state index is 0.0737. The van der Waals surface area contributed by atoms with Gasteiger partial charge in [0.2, 0.25) is 5.91 Å². The number of hydrogen-bond acceptors (Lipinski definition) is 4. The zero-order valence-electron chi connectivity index (χ0n) is 12.9.